The molecule has 1 N–H and O–H groups in total. The minimum absolute atomic E-state index is 0.160. The first-order valence-corrected chi connectivity index (χ1v) is 12.4. The summed E-state index contributed by atoms with van der Waals surface area (Å²) in [4.78, 5) is 43.3. The number of hydrogen-bond acceptors (Lipinski definition) is 7. The van der Waals surface area contributed by atoms with E-state index in [1.165, 1.54) is 28.0 Å². The molecule has 1 aromatic heterocycles. The average Bonchev–Trinajstić information content (AvgIpc) is 3.18. The Morgan fingerprint density at radius 2 is 1.86 bits per heavy atom. The van der Waals surface area contributed by atoms with E-state index in [0.717, 1.165) is 6.42 Å². The molecule has 0 radical (unpaired) electrons. The van der Waals surface area contributed by atoms with Crippen molar-refractivity contribution >= 4 is 29.4 Å². The van der Waals surface area contributed by atoms with Gasteiger partial charge in [0.2, 0.25) is 0 Å². The van der Waals surface area contributed by atoms with Crippen LogP contribution >= 0.6 is 11.3 Å². The molecule has 0 saturated heterocycles. The number of ether oxygens (including phenoxy) is 2. The highest BCUT2D eigenvalue weighted by atomic mass is 32.1. The van der Waals surface area contributed by atoms with Gasteiger partial charge >= 0.3 is 11.9 Å². The van der Waals surface area contributed by atoms with Crippen molar-refractivity contribution in [3.8, 4) is 5.75 Å². The molecule has 3 aromatic rings. The second kappa shape index (κ2) is 10.7. The van der Waals surface area contributed by atoms with E-state index in [-0.39, 0.29) is 17.7 Å². The summed E-state index contributed by atoms with van der Waals surface area (Å²) in [7, 11) is 1.55. The third-order valence-electron chi connectivity index (χ3n) is 5.78. The number of methoxy groups -OCH3 is 1. The van der Waals surface area contributed by atoms with Crippen molar-refractivity contribution in [2.24, 2.45) is 4.99 Å². The highest BCUT2D eigenvalue weighted by Gasteiger charge is 2.35. The third kappa shape index (κ3) is 4.74. The fourth-order valence-corrected chi connectivity index (χ4v) is 5.20. The van der Waals surface area contributed by atoms with E-state index >= 15 is 0 Å². The van der Waals surface area contributed by atoms with Crippen LogP contribution in [0.25, 0.3) is 6.08 Å². The van der Waals surface area contributed by atoms with Gasteiger partial charge in [0.15, 0.2) is 4.80 Å². The predicted octanol–water partition coefficient (Wildman–Crippen LogP) is 3.29. The number of para-hydroxylation sites is 1. The van der Waals surface area contributed by atoms with Crippen molar-refractivity contribution in [2.45, 2.75) is 32.7 Å². The molecule has 0 spiro atoms. The molecule has 36 heavy (non-hydrogen) atoms. The molecule has 1 aliphatic rings. The maximum Gasteiger partial charge on any atom is 0.338 e. The minimum atomic E-state index is -1.02. The molecule has 2 heterocycles. The van der Waals surface area contributed by atoms with E-state index in [9.17, 15) is 14.4 Å². The lowest BCUT2D eigenvalue weighted by atomic mass is 9.93. The lowest BCUT2D eigenvalue weighted by Crippen LogP contribution is -2.40. The van der Waals surface area contributed by atoms with Gasteiger partial charge in [0.1, 0.15) is 11.8 Å². The van der Waals surface area contributed by atoms with Crippen molar-refractivity contribution < 1.29 is 24.2 Å². The van der Waals surface area contributed by atoms with Crippen molar-refractivity contribution in [1.82, 2.24) is 4.57 Å². The molecule has 0 amide bonds. The van der Waals surface area contributed by atoms with Crippen LogP contribution in [0.1, 0.15) is 54.2 Å². The van der Waals surface area contributed by atoms with Gasteiger partial charge in [-0.15, -0.1) is 0 Å². The number of thiazole rings is 1. The molecule has 0 unspecified atom stereocenters. The second-order valence-electron chi connectivity index (χ2n) is 8.08. The largest absolute Gasteiger partial charge is 0.496 e. The van der Waals surface area contributed by atoms with E-state index in [0.29, 0.717) is 43.9 Å². The molecule has 1 atom stereocenters. The molecule has 4 rings (SSSR count). The fourth-order valence-electron chi connectivity index (χ4n) is 4.18. The SMILES string of the molecule is CCCC1=C(C(=O)OCC)[C@H](c2ccccc2OC)n2c(s/c(=C\c3ccc(C(=O)O)cc3)c2=O)=N1. The molecule has 0 saturated carbocycles. The van der Waals surface area contributed by atoms with Gasteiger partial charge in [0, 0.05) is 5.56 Å². The quantitative estimate of drug-likeness (QED) is 0.470. The zero-order valence-corrected chi connectivity index (χ0v) is 21.0. The number of carbonyl (C=O) groups excluding carboxylic acids is 1. The molecule has 0 fully saturated rings. The zero-order valence-electron chi connectivity index (χ0n) is 20.2. The molecule has 186 valence electrons. The number of carboxylic acids is 1. The summed E-state index contributed by atoms with van der Waals surface area (Å²) in [6.45, 7) is 3.93. The summed E-state index contributed by atoms with van der Waals surface area (Å²) in [5.41, 5.74) is 2.10. The Bertz CT molecular complexity index is 1510. The molecular weight excluding hydrogens is 480 g/mol. The first-order valence-electron chi connectivity index (χ1n) is 11.6. The molecule has 0 bridgehead atoms. The highest BCUT2D eigenvalue weighted by Crippen LogP contribution is 2.36. The van der Waals surface area contributed by atoms with Crippen molar-refractivity contribution in [2.75, 3.05) is 13.7 Å². The zero-order chi connectivity index (χ0) is 25.8. The first kappa shape index (κ1) is 25.1. The third-order valence-corrected chi connectivity index (χ3v) is 6.76. The number of nitrogens with zero attached hydrogens (tertiary/aromatic N) is 2. The Morgan fingerprint density at radius 3 is 2.50 bits per heavy atom. The van der Waals surface area contributed by atoms with E-state index in [1.807, 2.05) is 25.1 Å². The summed E-state index contributed by atoms with van der Waals surface area (Å²) in [6, 6.07) is 12.8. The maximum absolute atomic E-state index is 13.7. The maximum atomic E-state index is 13.7. The van der Waals surface area contributed by atoms with Crippen LogP contribution in [-0.4, -0.2) is 35.3 Å². The molecule has 2 aromatic carbocycles. The van der Waals surface area contributed by atoms with Crippen LogP contribution in [0.5, 0.6) is 5.75 Å². The number of carbonyl (C=O) groups is 2. The number of benzene rings is 2. The summed E-state index contributed by atoms with van der Waals surface area (Å²) < 4.78 is 12.9. The lowest BCUT2D eigenvalue weighted by molar-refractivity contribution is -0.139. The van der Waals surface area contributed by atoms with Gasteiger partial charge in [-0.05, 0) is 43.2 Å². The molecule has 0 aliphatic carbocycles. The van der Waals surface area contributed by atoms with Crippen LogP contribution in [0.3, 0.4) is 0 Å². The van der Waals surface area contributed by atoms with Gasteiger partial charge in [-0.1, -0.05) is 55.0 Å². The van der Waals surface area contributed by atoms with Crippen LogP contribution < -0.4 is 19.6 Å². The molecule has 9 heteroatoms. The van der Waals surface area contributed by atoms with E-state index < -0.39 is 18.0 Å². The van der Waals surface area contributed by atoms with Gasteiger partial charge in [0.25, 0.3) is 5.56 Å². The number of rotatable bonds is 8. The van der Waals surface area contributed by atoms with Gasteiger partial charge in [-0.2, -0.15) is 0 Å². The standard InChI is InChI=1S/C27H26N2O6S/c1-4-8-19-22(26(33)35-5-2)23(18-9-6-7-10-20(18)34-3)29-24(30)21(36-27(29)28-19)15-16-11-13-17(14-12-16)25(31)32/h6-7,9-15,23H,4-5,8H2,1-3H3,(H,31,32)/b21-15-/t23-/m0/s1. The van der Waals surface area contributed by atoms with Crippen LogP contribution in [0.15, 0.2) is 69.6 Å². The smallest absolute Gasteiger partial charge is 0.338 e. The van der Waals surface area contributed by atoms with Crippen molar-refractivity contribution in [1.29, 1.82) is 0 Å². The number of fused-ring (bicyclic) bond motifs is 1. The Kier molecular flexibility index (Phi) is 7.49. The Labute approximate surface area is 211 Å². The minimum Gasteiger partial charge on any atom is -0.496 e. The summed E-state index contributed by atoms with van der Waals surface area (Å²) in [5.74, 6) is -0.993. The van der Waals surface area contributed by atoms with E-state index in [4.69, 9.17) is 19.6 Å². The highest BCUT2D eigenvalue weighted by molar-refractivity contribution is 7.07. The second-order valence-corrected chi connectivity index (χ2v) is 9.09. The van der Waals surface area contributed by atoms with Crippen LogP contribution in [0.4, 0.5) is 0 Å². The summed E-state index contributed by atoms with van der Waals surface area (Å²) >= 11 is 1.22. The predicted molar refractivity (Wildman–Crippen MR) is 136 cm³/mol. The number of allylic oxidation sites excluding steroid dienone is 1. The average molecular weight is 507 g/mol. The molecule has 1 aliphatic heterocycles. The van der Waals surface area contributed by atoms with Gasteiger partial charge in [0.05, 0.1) is 35.1 Å². The lowest BCUT2D eigenvalue weighted by Gasteiger charge is -2.26. The number of esters is 1. The topological polar surface area (TPSA) is 107 Å². The normalized spacial score (nSPS) is 15.3. The monoisotopic (exact) mass is 506 g/mol. The summed E-state index contributed by atoms with van der Waals surface area (Å²) in [6.07, 6.45) is 2.99. The number of aromatic carboxylic acids is 1. The summed E-state index contributed by atoms with van der Waals surface area (Å²) in [5, 5.41) is 9.15. The number of hydrogen-bond donors (Lipinski definition) is 1. The van der Waals surface area contributed by atoms with Crippen LogP contribution in [0, 0.1) is 0 Å². The van der Waals surface area contributed by atoms with Gasteiger partial charge < -0.3 is 14.6 Å². The van der Waals surface area contributed by atoms with E-state index in [2.05, 4.69) is 0 Å². The van der Waals surface area contributed by atoms with Gasteiger partial charge in [-0.25, -0.2) is 14.6 Å². The number of aromatic nitrogens is 1. The molecular formula is C27H26N2O6S. The van der Waals surface area contributed by atoms with Crippen molar-refractivity contribution in [3.05, 3.63) is 96.2 Å². The van der Waals surface area contributed by atoms with Crippen LogP contribution in [-0.2, 0) is 9.53 Å². The Hall–Kier alpha value is -3.98. The van der Waals surface area contributed by atoms with Gasteiger partial charge in [-0.3, -0.25) is 9.36 Å². The Morgan fingerprint density at radius 1 is 1.14 bits per heavy atom. The van der Waals surface area contributed by atoms with Crippen LogP contribution in [0.2, 0.25) is 0 Å². The number of carboxylic acid groups (broad SMARTS) is 1. The van der Waals surface area contributed by atoms with E-state index in [1.54, 1.807) is 38.3 Å². The first-order chi connectivity index (χ1) is 17.4. The Balaban J connectivity index is 1.98. The van der Waals surface area contributed by atoms with Crippen molar-refractivity contribution in [3.63, 3.8) is 0 Å². The molecule has 8 nitrogen and oxygen atoms in total. The fraction of sp³-hybridized carbons (Fsp3) is 0.259.